The summed E-state index contributed by atoms with van der Waals surface area (Å²) in [5.41, 5.74) is 1.84. The van der Waals surface area contributed by atoms with Crippen molar-refractivity contribution < 1.29 is 4.79 Å². The first-order valence-corrected chi connectivity index (χ1v) is 3.11. The van der Waals surface area contributed by atoms with Crippen molar-refractivity contribution in [2.45, 2.75) is 19.8 Å². The number of Topliss-reactive ketones (excluding diaryl/α,β-unsaturated/α-hetero) is 1. The second-order valence-corrected chi connectivity index (χ2v) is 2.32. The number of rotatable bonds is 1. The Kier molecular flexibility index (Phi) is 1.52. The van der Waals surface area contributed by atoms with Gasteiger partial charge in [0.1, 0.15) is 0 Å². The fourth-order valence-electron chi connectivity index (χ4n) is 1.06. The predicted octanol–water partition coefficient (Wildman–Crippen LogP) is 1.85. The predicted molar refractivity (Wildman–Crippen MR) is 37.1 cm³/mol. The largest absolute Gasteiger partial charge is 0.295 e. The molecule has 0 amide bonds. The van der Waals surface area contributed by atoms with Gasteiger partial charge in [0.2, 0.25) is 0 Å². The van der Waals surface area contributed by atoms with Gasteiger partial charge in [-0.15, -0.1) is 0 Å². The molecule has 0 aromatic rings. The zero-order valence-corrected chi connectivity index (χ0v) is 5.61. The van der Waals surface area contributed by atoms with E-state index in [0.717, 1.165) is 24.0 Å². The SMILES string of the molecule is C=C1CCC=C1C(C)=O. The molecular weight excluding hydrogens is 112 g/mol. The molecule has 0 bridgehead atoms. The summed E-state index contributed by atoms with van der Waals surface area (Å²) in [4.78, 5) is 10.7. The van der Waals surface area contributed by atoms with E-state index in [0.29, 0.717) is 0 Å². The van der Waals surface area contributed by atoms with Crippen LogP contribution in [0.2, 0.25) is 0 Å². The van der Waals surface area contributed by atoms with Crippen molar-refractivity contribution >= 4 is 5.78 Å². The first-order chi connectivity index (χ1) is 4.22. The third kappa shape index (κ3) is 1.10. The van der Waals surface area contributed by atoms with Crippen LogP contribution in [0.1, 0.15) is 19.8 Å². The monoisotopic (exact) mass is 122 g/mol. The molecule has 1 heteroatoms. The van der Waals surface area contributed by atoms with Crippen molar-refractivity contribution in [2.24, 2.45) is 0 Å². The number of carbonyl (C=O) groups is 1. The van der Waals surface area contributed by atoms with Gasteiger partial charge in [0.25, 0.3) is 0 Å². The molecule has 1 aliphatic rings. The normalized spacial score (nSPS) is 17.9. The molecule has 0 aromatic heterocycles. The zero-order chi connectivity index (χ0) is 6.85. The summed E-state index contributed by atoms with van der Waals surface area (Å²) in [6.07, 6.45) is 3.92. The van der Waals surface area contributed by atoms with Crippen LogP contribution in [-0.4, -0.2) is 5.78 Å². The van der Waals surface area contributed by atoms with Gasteiger partial charge in [0, 0.05) is 5.57 Å². The molecule has 0 heterocycles. The molecule has 0 N–H and O–H groups in total. The lowest BCUT2D eigenvalue weighted by Gasteiger charge is -1.94. The molecule has 1 rings (SSSR count). The van der Waals surface area contributed by atoms with Crippen molar-refractivity contribution in [3.63, 3.8) is 0 Å². The molecule has 0 spiro atoms. The number of hydrogen-bond acceptors (Lipinski definition) is 1. The summed E-state index contributed by atoms with van der Waals surface area (Å²) >= 11 is 0. The Morgan fingerprint density at radius 1 is 1.78 bits per heavy atom. The van der Waals surface area contributed by atoms with Gasteiger partial charge in [0.15, 0.2) is 5.78 Å². The van der Waals surface area contributed by atoms with Crippen molar-refractivity contribution in [3.8, 4) is 0 Å². The van der Waals surface area contributed by atoms with E-state index in [1.165, 1.54) is 0 Å². The van der Waals surface area contributed by atoms with Crippen LogP contribution in [0.3, 0.4) is 0 Å². The summed E-state index contributed by atoms with van der Waals surface area (Å²) in [5, 5.41) is 0. The van der Waals surface area contributed by atoms with Gasteiger partial charge < -0.3 is 0 Å². The minimum atomic E-state index is 0.150. The third-order valence-electron chi connectivity index (χ3n) is 1.55. The van der Waals surface area contributed by atoms with E-state index >= 15 is 0 Å². The summed E-state index contributed by atoms with van der Waals surface area (Å²) in [6, 6.07) is 0. The third-order valence-corrected chi connectivity index (χ3v) is 1.55. The maximum absolute atomic E-state index is 10.7. The van der Waals surface area contributed by atoms with Crippen LogP contribution in [0.5, 0.6) is 0 Å². The molecular formula is C8H10O. The number of allylic oxidation sites excluding steroid dienone is 3. The molecule has 0 fully saturated rings. The Labute approximate surface area is 55.1 Å². The van der Waals surface area contributed by atoms with Crippen molar-refractivity contribution in [1.29, 1.82) is 0 Å². The molecule has 9 heavy (non-hydrogen) atoms. The summed E-state index contributed by atoms with van der Waals surface area (Å²) in [5.74, 6) is 0.150. The van der Waals surface area contributed by atoms with Crippen LogP contribution in [0.4, 0.5) is 0 Å². The Bertz CT molecular complexity index is 187. The van der Waals surface area contributed by atoms with E-state index in [2.05, 4.69) is 6.58 Å². The van der Waals surface area contributed by atoms with Gasteiger partial charge in [-0.3, -0.25) is 4.79 Å². The van der Waals surface area contributed by atoms with Gasteiger partial charge in [-0.25, -0.2) is 0 Å². The van der Waals surface area contributed by atoms with Gasteiger partial charge in [-0.2, -0.15) is 0 Å². The maximum Gasteiger partial charge on any atom is 0.159 e. The minimum absolute atomic E-state index is 0.150. The number of ketones is 1. The van der Waals surface area contributed by atoms with Gasteiger partial charge >= 0.3 is 0 Å². The van der Waals surface area contributed by atoms with Gasteiger partial charge in [-0.05, 0) is 25.3 Å². The number of carbonyl (C=O) groups excluding carboxylic acids is 1. The molecule has 0 radical (unpaired) electrons. The van der Waals surface area contributed by atoms with Crippen LogP contribution in [0.25, 0.3) is 0 Å². The average Bonchev–Trinajstić information content (AvgIpc) is 2.13. The molecule has 0 saturated carbocycles. The summed E-state index contributed by atoms with van der Waals surface area (Å²) < 4.78 is 0. The topological polar surface area (TPSA) is 17.1 Å². The Morgan fingerprint density at radius 2 is 2.44 bits per heavy atom. The van der Waals surface area contributed by atoms with Crippen LogP contribution in [0.15, 0.2) is 23.8 Å². The van der Waals surface area contributed by atoms with E-state index in [1.54, 1.807) is 6.92 Å². The Hall–Kier alpha value is -0.850. The highest BCUT2D eigenvalue weighted by molar-refractivity contribution is 5.98. The van der Waals surface area contributed by atoms with E-state index in [4.69, 9.17) is 0 Å². The van der Waals surface area contributed by atoms with Crippen LogP contribution in [-0.2, 0) is 4.79 Å². The van der Waals surface area contributed by atoms with Crippen molar-refractivity contribution in [3.05, 3.63) is 23.8 Å². The van der Waals surface area contributed by atoms with Crippen LogP contribution < -0.4 is 0 Å². The molecule has 1 aliphatic carbocycles. The minimum Gasteiger partial charge on any atom is -0.295 e. The first-order valence-electron chi connectivity index (χ1n) is 3.11. The fourth-order valence-corrected chi connectivity index (χ4v) is 1.06. The smallest absolute Gasteiger partial charge is 0.159 e. The zero-order valence-electron chi connectivity index (χ0n) is 5.61. The highest BCUT2D eigenvalue weighted by Gasteiger charge is 2.11. The van der Waals surface area contributed by atoms with E-state index in [9.17, 15) is 4.79 Å². The van der Waals surface area contributed by atoms with E-state index in [-0.39, 0.29) is 5.78 Å². The van der Waals surface area contributed by atoms with Crippen LogP contribution >= 0.6 is 0 Å². The summed E-state index contributed by atoms with van der Waals surface area (Å²) in [6.45, 7) is 5.35. The van der Waals surface area contributed by atoms with E-state index in [1.807, 2.05) is 6.08 Å². The lowest BCUT2D eigenvalue weighted by Crippen LogP contribution is -1.93. The quantitative estimate of drug-likeness (QED) is 0.518. The molecule has 0 unspecified atom stereocenters. The first kappa shape index (κ1) is 6.27. The molecule has 0 atom stereocenters. The molecule has 0 aromatic carbocycles. The Morgan fingerprint density at radius 3 is 2.67 bits per heavy atom. The second-order valence-electron chi connectivity index (χ2n) is 2.32. The van der Waals surface area contributed by atoms with E-state index < -0.39 is 0 Å². The molecule has 1 nitrogen and oxygen atoms in total. The molecule has 0 aliphatic heterocycles. The van der Waals surface area contributed by atoms with Crippen LogP contribution in [0, 0.1) is 0 Å². The fraction of sp³-hybridized carbons (Fsp3) is 0.375. The maximum atomic E-state index is 10.7. The standard InChI is InChI=1S/C8H10O/c1-6-4-3-5-8(6)7(2)9/h5H,1,3-4H2,2H3. The Balaban J connectivity index is 2.80. The summed E-state index contributed by atoms with van der Waals surface area (Å²) in [7, 11) is 0. The molecule has 48 valence electrons. The average molecular weight is 122 g/mol. The highest BCUT2D eigenvalue weighted by atomic mass is 16.1. The van der Waals surface area contributed by atoms with Gasteiger partial charge in [-0.1, -0.05) is 12.7 Å². The molecule has 0 saturated heterocycles. The second kappa shape index (κ2) is 2.18. The highest BCUT2D eigenvalue weighted by Crippen LogP contribution is 2.22. The van der Waals surface area contributed by atoms with Crippen molar-refractivity contribution in [2.75, 3.05) is 0 Å². The number of hydrogen-bond donors (Lipinski definition) is 0. The lowest BCUT2D eigenvalue weighted by molar-refractivity contribution is -0.113. The van der Waals surface area contributed by atoms with Gasteiger partial charge in [0.05, 0.1) is 0 Å². The lowest BCUT2D eigenvalue weighted by atomic mass is 10.1. The van der Waals surface area contributed by atoms with Crippen molar-refractivity contribution in [1.82, 2.24) is 0 Å².